The van der Waals surface area contributed by atoms with Gasteiger partial charge in [0, 0.05) is 115 Å². The predicted molar refractivity (Wildman–Crippen MR) is 404 cm³/mol. The summed E-state index contributed by atoms with van der Waals surface area (Å²) in [4.78, 5) is 22.0. The number of aromatic nitrogens is 6. The molecule has 2 aliphatic heterocycles. The summed E-state index contributed by atoms with van der Waals surface area (Å²) in [7, 11) is 8.34. The highest BCUT2D eigenvalue weighted by molar-refractivity contribution is 6.56. The number of nitrogens with one attached hydrogen (secondary N) is 2. The van der Waals surface area contributed by atoms with Gasteiger partial charge in [-0.3, -0.25) is 0 Å². The summed E-state index contributed by atoms with van der Waals surface area (Å²) < 4.78 is 8.45. The Hall–Kier alpha value is -13.0. The Bertz CT molecular complexity index is 5790. The second-order valence-corrected chi connectivity index (χ2v) is 25.8. The molecule has 0 radical (unpaired) electrons. The molecular formula is C92H70N8+4. The molecule has 3 aliphatic rings. The monoisotopic (exact) mass is 1290 g/mol. The largest absolute Gasteiger partial charge is 0.353 e. The average molecular weight is 1290 g/mol. The van der Waals surface area contributed by atoms with Gasteiger partial charge in [0.1, 0.15) is 28.2 Å². The van der Waals surface area contributed by atoms with E-state index in [2.05, 4.69) is 397 Å². The van der Waals surface area contributed by atoms with E-state index in [9.17, 15) is 0 Å². The van der Waals surface area contributed by atoms with Crippen molar-refractivity contribution in [1.82, 2.24) is 9.97 Å². The van der Waals surface area contributed by atoms with E-state index in [-0.39, 0.29) is 0 Å². The molecule has 8 heterocycles. The Morgan fingerprint density at radius 2 is 0.430 bits per heavy atom. The Morgan fingerprint density at radius 3 is 0.770 bits per heavy atom. The van der Waals surface area contributed by atoms with Gasteiger partial charge in [-0.15, -0.1) is 0 Å². The van der Waals surface area contributed by atoms with Gasteiger partial charge < -0.3 is 9.97 Å². The van der Waals surface area contributed by atoms with Crippen LogP contribution < -0.4 is 29.0 Å². The van der Waals surface area contributed by atoms with Crippen LogP contribution in [-0.4, -0.2) is 21.4 Å². The fraction of sp³-hybridized carbons (Fsp3) is 0.0435. The topological polar surface area (TPSA) is 71.8 Å². The lowest BCUT2D eigenvalue weighted by molar-refractivity contribution is -0.671. The van der Waals surface area contributed by atoms with Gasteiger partial charge >= 0.3 is 0 Å². The van der Waals surface area contributed by atoms with Crippen LogP contribution >= 0.6 is 0 Å². The van der Waals surface area contributed by atoms with E-state index in [0.29, 0.717) is 0 Å². The van der Waals surface area contributed by atoms with Crippen LogP contribution in [0.15, 0.2) is 362 Å². The number of H-pyrrole nitrogens is 2. The van der Waals surface area contributed by atoms with Crippen molar-refractivity contribution in [3.05, 3.63) is 419 Å². The van der Waals surface area contributed by atoms with E-state index in [1.807, 2.05) is 0 Å². The number of benzene rings is 8. The minimum absolute atomic E-state index is 0.786. The number of allylic oxidation sites excluding steroid dienone is 5. The SMILES string of the molecule is C[n+]1ccc(C2=C3N=C(C(c4ccccc4)=C3c3ccccc3)C(c3cc[n+](C)cc3)=c3[nH]c(c(-c4ccccc4)c3-c3ccccc3)=C(c3cc[n+](C)cc3)c3[nH]c(c(-c4ccccc4)c3-c3ccccc3)C(c3cc[n+](C)cc3)=C3N=C2C(c2ccccc2)=C3c2ccccc2)cc1. The second kappa shape index (κ2) is 25.8. The van der Waals surface area contributed by atoms with Crippen molar-refractivity contribution in [3.63, 3.8) is 0 Å². The lowest BCUT2D eigenvalue weighted by Crippen LogP contribution is -2.27. The van der Waals surface area contributed by atoms with Gasteiger partial charge in [-0.2, -0.15) is 0 Å². The molecule has 8 nitrogen and oxygen atoms in total. The van der Waals surface area contributed by atoms with Gasteiger partial charge in [0.2, 0.25) is 0 Å². The maximum absolute atomic E-state index is 6.51. The van der Waals surface area contributed by atoms with Gasteiger partial charge in [0.25, 0.3) is 0 Å². The molecule has 8 bridgehead atoms. The number of hydrogen-bond acceptors (Lipinski definition) is 2. The standard InChI is InChI=1S/C92H69N8/c1-97-53-45-69(46-54-97)81-85-73(61-29-13-5-14-30-61)75(63-33-17-7-18-34-63)87(93-85)82(70-47-55-98(2)56-48-70)89-77(65-37-21-9-22-38-65)79(67-41-25-11-26-42-67)91(95-89)84(72-51-59-100(4)60-52-72)92-80(68-43-27-12-28-44-68)78(66-39-23-10-24-40-66)90(96-92)83(71-49-57-99(3)58-50-71)88-76(64-35-19-8-20-36-64)74(86(81)94-88)62-31-15-6-16-32-62/h5-60H,1-4H3,(H,93,94,95,96)/q+3/p+1. The van der Waals surface area contributed by atoms with E-state index in [0.717, 1.165) is 179 Å². The zero-order valence-electron chi connectivity index (χ0n) is 56.0. The summed E-state index contributed by atoms with van der Waals surface area (Å²) in [5.41, 5.74) is 28.9. The van der Waals surface area contributed by atoms with Crippen LogP contribution in [0.5, 0.6) is 0 Å². The molecule has 0 saturated heterocycles. The highest BCUT2D eigenvalue weighted by atomic mass is 14.9. The van der Waals surface area contributed by atoms with Crippen LogP contribution in [-0.2, 0) is 28.2 Å². The van der Waals surface area contributed by atoms with Crippen LogP contribution in [0.2, 0.25) is 0 Å². The summed E-state index contributed by atoms with van der Waals surface area (Å²) in [6.45, 7) is 0. The van der Waals surface area contributed by atoms with E-state index in [4.69, 9.17) is 9.98 Å². The van der Waals surface area contributed by atoms with Crippen molar-refractivity contribution in [1.29, 1.82) is 0 Å². The van der Waals surface area contributed by atoms with Crippen molar-refractivity contribution in [2.24, 2.45) is 38.2 Å². The molecule has 0 amide bonds. The van der Waals surface area contributed by atoms with Gasteiger partial charge in [-0.05, 0) is 66.8 Å². The summed E-state index contributed by atoms with van der Waals surface area (Å²) in [6.07, 6.45) is 17.3. The number of rotatable bonds is 12. The number of aryl methyl sites for hydroxylation is 4. The molecule has 0 saturated carbocycles. The zero-order chi connectivity index (χ0) is 67.2. The van der Waals surface area contributed by atoms with Crippen LogP contribution in [0.1, 0.15) is 55.9 Å². The molecule has 8 heteroatoms. The maximum atomic E-state index is 6.51. The third-order valence-electron chi connectivity index (χ3n) is 19.4. The summed E-state index contributed by atoms with van der Waals surface area (Å²) in [5, 5.41) is 1.82. The number of aliphatic imine (C=N–C) groups is 2. The molecule has 6 aromatic heterocycles. The molecule has 474 valence electrons. The second-order valence-electron chi connectivity index (χ2n) is 25.8. The third-order valence-corrected chi connectivity index (χ3v) is 19.4. The predicted octanol–water partition coefficient (Wildman–Crippen LogP) is 16.1. The summed E-state index contributed by atoms with van der Waals surface area (Å²) in [5.74, 6) is 0. The van der Waals surface area contributed by atoms with Crippen LogP contribution in [0, 0.1) is 0 Å². The Balaban J connectivity index is 1.24. The van der Waals surface area contributed by atoms with Crippen molar-refractivity contribution in [2.75, 3.05) is 0 Å². The van der Waals surface area contributed by atoms with Crippen LogP contribution in [0.3, 0.4) is 0 Å². The molecule has 0 fully saturated rings. The first-order chi connectivity index (χ1) is 49.3. The van der Waals surface area contributed by atoms with Gasteiger partial charge in [-0.25, -0.2) is 28.3 Å². The number of nitrogens with zero attached hydrogens (tertiary/aromatic N) is 6. The first kappa shape index (κ1) is 60.6. The molecule has 0 atom stereocenters. The van der Waals surface area contributed by atoms with E-state index >= 15 is 0 Å². The van der Waals surface area contributed by atoms with Crippen molar-refractivity contribution in [2.45, 2.75) is 0 Å². The fourth-order valence-electron chi connectivity index (χ4n) is 14.8. The summed E-state index contributed by atoms with van der Waals surface area (Å²) >= 11 is 0. The first-order valence-corrected chi connectivity index (χ1v) is 34.0. The zero-order valence-corrected chi connectivity index (χ0v) is 56.0. The highest BCUT2D eigenvalue weighted by Gasteiger charge is 2.40. The molecule has 0 spiro atoms. The molecule has 2 N–H and O–H groups in total. The van der Waals surface area contributed by atoms with Crippen LogP contribution in [0.25, 0.3) is 89.1 Å². The maximum Gasteiger partial charge on any atom is 0.169 e. The summed E-state index contributed by atoms with van der Waals surface area (Å²) in [6, 6.07) is 106. The molecule has 0 unspecified atom stereocenters. The van der Waals surface area contributed by atoms with E-state index in [1.54, 1.807) is 0 Å². The first-order valence-electron chi connectivity index (χ1n) is 34.0. The lowest BCUT2D eigenvalue weighted by atomic mass is 9.82. The fourth-order valence-corrected chi connectivity index (χ4v) is 14.8. The van der Waals surface area contributed by atoms with Crippen LogP contribution in [0.4, 0.5) is 0 Å². The quantitative estimate of drug-likeness (QED) is 0.114. The molecule has 17 rings (SSSR count). The van der Waals surface area contributed by atoms with E-state index in [1.165, 1.54) is 0 Å². The van der Waals surface area contributed by atoms with E-state index < -0.39 is 0 Å². The highest BCUT2D eigenvalue weighted by Crippen LogP contribution is 2.54. The van der Waals surface area contributed by atoms with Gasteiger partial charge in [0.15, 0.2) is 49.6 Å². The Kier molecular flexibility index (Phi) is 15.7. The van der Waals surface area contributed by atoms with Crippen molar-refractivity contribution < 1.29 is 18.3 Å². The Labute approximate surface area is 582 Å². The smallest absolute Gasteiger partial charge is 0.169 e. The lowest BCUT2D eigenvalue weighted by Gasteiger charge is -2.18. The Morgan fingerprint density at radius 1 is 0.200 bits per heavy atom. The minimum atomic E-state index is 0.786. The number of aromatic amines is 2. The van der Waals surface area contributed by atoms with Gasteiger partial charge in [-0.1, -0.05) is 243 Å². The average Bonchev–Trinajstić information content (AvgIpc) is 1.55. The number of hydrogen-bond donors (Lipinski definition) is 2. The van der Waals surface area contributed by atoms with Gasteiger partial charge in [0.05, 0.1) is 44.9 Å². The van der Waals surface area contributed by atoms with Crippen molar-refractivity contribution >= 4 is 56.0 Å². The molecular weight excluding hydrogens is 1220 g/mol. The molecule has 1 aliphatic carbocycles. The number of fused-ring (bicyclic) bond motifs is 10. The molecule has 100 heavy (non-hydrogen) atoms. The third kappa shape index (κ3) is 10.8. The minimum Gasteiger partial charge on any atom is -0.353 e. The van der Waals surface area contributed by atoms with Crippen molar-refractivity contribution in [3.8, 4) is 44.5 Å². The molecule has 8 aromatic carbocycles. The normalized spacial score (nSPS) is 13.7. The number of pyridine rings is 4. The molecule has 14 aromatic rings.